The van der Waals surface area contributed by atoms with Gasteiger partial charge in [-0.2, -0.15) is 4.98 Å². The van der Waals surface area contributed by atoms with Gasteiger partial charge in [0.25, 0.3) is 11.6 Å². The predicted molar refractivity (Wildman–Crippen MR) is 81.8 cm³/mol. The summed E-state index contributed by atoms with van der Waals surface area (Å²) >= 11 is 11.8. The van der Waals surface area contributed by atoms with Gasteiger partial charge in [0, 0.05) is 23.3 Å². The van der Waals surface area contributed by atoms with Crippen LogP contribution < -0.4 is 0 Å². The molecular weight excluding hydrogens is 329 g/mol. The molecule has 0 fully saturated rings. The number of non-ortho nitro benzene ring substituents is 1. The van der Waals surface area contributed by atoms with Crippen molar-refractivity contribution in [2.24, 2.45) is 0 Å². The van der Waals surface area contributed by atoms with Crippen LogP contribution in [0.2, 0.25) is 10.0 Å². The zero-order valence-corrected chi connectivity index (χ0v) is 12.4. The molecule has 0 aliphatic rings. The van der Waals surface area contributed by atoms with Crippen LogP contribution in [0.15, 0.2) is 47.0 Å². The second kappa shape index (κ2) is 5.75. The van der Waals surface area contributed by atoms with Gasteiger partial charge in [0.1, 0.15) is 0 Å². The summed E-state index contributed by atoms with van der Waals surface area (Å²) in [5.41, 5.74) is 1.06. The van der Waals surface area contributed by atoms with Crippen molar-refractivity contribution < 1.29 is 9.45 Å². The van der Waals surface area contributed by atoms with Crippen LogP contribution in [0.1, 0.15) is 0 Å². The van der Waals surface area contributed by atoms with Crippen molar-refractivity contribution in [3.05, 3.63) is 62.6 Å². The van der Waals surface area contributed by atoms with Crippen molar-refractivity contribution >= 4 is 28.9 Å². The summed E-state index contributed by atoms with van der Waals surface area (Å²) in [5, 5.41) is 15.4. The minimum atomic E-state index is -0.483. The van der Waals surface area contributed by atoms with Gasteiger partial charge in [-0.25, -0.2) is 0 Å². The van der Waals surface area contributed by atoms with E-state index in [-0.39, 0.29) is 17.4 Å². The molecule has 1 aromatic heterocycles. The average molecular weight is 336 g/mol. The van der Waals surface area contributed by atoms with Crippen molar-refractivity contribution in [2.45, 2.75) is 0 Å². The number of nitro benzene ring substituents is 1. The predicted octanol–water partition coefficient (Wildman–Crippen LogP) is 4.62. The monoisotopic (exact) mass is 335 g/mol. The fourth-order valence-corrected chi connectivity index (χ4v) is 2.14. The molecule has 0 radical (unpaired) electrons. The Balaban J connectivity index is 1.98. The summed E-state index contributed by atoms with van der Waals surface area (Å²) in [6.45, 7) is 0. The second-order valence-corrected chi connectivity index (χ2v) is 5.17. The molecule has 0 aliphatic carbocycles. The molecule has 22 heavy (non-hydrogen) atoms. The molecule has 0 unspecified atom stereocenters. The van der Waals surface area contributed by atoms with Crippen LogP contribution in [-0.4, -0.2) is 15.1 Å². The quantitative estimate of drug-likeness (QED) is 0.515. The third-order valence-electron chi connectivity index (χ3n) is 2.91. The van der Waals surface area contributed by atoms with Gasteiger partial charge in [0.05, 0.1) is 15.0 Å². The lowest BCUT2D eigenvalue weighted by Gasteiger charge is -1.97. The molecule has 2 aromatic carbocycles. The maximum absolute atomic E-state index is 10.8. The lowest BCUT2D eigenvalue weighted by molar-refractivity contribution is -0.384. The van der Waals surface area contributed by atoms with Crippen molar-refractivity contribution in [1.82, 2.24) is 10.1 Å². The number of rotatable bonds is 3. The Hall–Kier alpha value is -2.44. The van der Waals surface area contributed by atoms with Crippen molar-refractivity contribution in [3.63, 3.8) is 0 Å². The normalized spacial score (nSPS) is 10.6. The minimum Gasteiger partial charge on any atom is -0.334 e. The molecule has 0 bridgehead atoms. The minimum absolute atomic E-state index is 0.0432. The van der Waals surface area contributed by atoms with E-state index in [0.717, 1.165) is 0 Å². The van der Waals surface area contributed by atoms with E-state index in [2.05, 4.69) is 10.1 Å². The standard InChI is InChI=1S/C14H7Cl2N3O3/c15-11-5-4-9(7-12(11)16)14-17-13(18-22-14)8-2-1-3-10(6-8)19(20)21/h1-7H. The molecule has 0 saturated heterocycles. The molecule has 0 aliphatic heterocycles. The number of hydrogen-bond acceptors (Lipinski definition) is 5. The molecule has 1 heterocycles. The van der Waals surface area contributed by atoms with Crippen LogP contribution in [0.25, 0.3) is 22.8 Å². The van der Waals surface area contributed by atoms with Crippen molar-refractivity contribution in [1.29, 1.82) is 0 Å². The largest absolute Gasteiger partial charge is 0.334 e. The van der Waals surface area contributed by atoms with E-state index in [1.54, 1.807) is 30.3 Å². The van der Waals surface area contributed by atoms with Crippen LogP contribution in [0, 0.1) is 10.1 Å². The van der Waals surface area contributed by atoms with E-state index in [9.17, 15) is 10.1 Å². The molecule has 8 heteroatoms. The van der Waals surface area contributed by atoms with E-state index < -0.39 is 4.92 Å². The highest BCUT2D eigenvalue weighted by Crippen LogP contribution is 2.29. The van der Waals surface area contributed by atoms with Crippen LogP contribution in [0.5, 0.6) is 0 Å². The van der Waals surface area contributed by atoms with E-state index in [1.165, 1.54) is 12.1 Å². The fraction of sp³-hybridized carbons (Fsp3) is 0. The van der Waals surface area contributed by atoms with E-state index in [0.29, 0.717) is 21.2 Å². The molecular formula is C14H7Cl2N3O3. The van der Waals surface area contributed by atoms with Gasteiger partial charge in [-0.05, 0) is 18.2 Å². The molecule has 3 rings (SSSR count). The van der Waals surface area contributed by atoms with E-state index in [4.69, 9.17) is 27.7 Å². The number of benzene rings is 2. The Kier molecular flexibility index (Phi) is 3.79. The third kappa shape index (κ3) is 2.79. The summed E-state index contributed by atoms with van der Waals surface area (Å²) in [7, 11) is 0. The topological polar surface area (TPSA) is 82.1 Å². The number of hydrogen-bond donors (Lipinski definition) is 0. The Morgan fingerprint density at radius 2 is 1.86 bits per heavy atom. The number of nitrogens with zero attached hydrogens (tertiary/aromatic N) is 3. The Morgan fingerprint density at radius 3 is 2.59 bits per heavy atom. The Bertz CT molecular complexity index is 864. The second-order valence-electron chi connectivity index (χ2n) is 4.36. The zero-order valence-electron chi connectivity index (χ0n) is 10.9. The fourth-order valence-electron chi connectivity index (χ4n) is 1.85. The summed E-state index contributed by atoms with van der Waals surface area (Å²) < 4.78 is 5.17. The molecule has 3 aromatic rings. The van der Waals surface area contributed by atoms with Crippen molar-refractivity contribution in [2.75, 3.05) is 0 Å². The highest BCUT2D eigenvalue weighted by molar-refractivity contribution is 6.42. The molecule has 0 spiro atoms. The van der Waals surface area contributed by atoms with Gasteiger partial charge in [-0.1, -0.05) is 40.5 Å². The molecule has 0 atom stereocenters. The highest BCUT2D eigenvalue weighted by atomic mass is 35.5. The summed E-state index contributed by atoms with van der Waals surface area (Å²) in [4.78, 5) is 14.5. The Morgan fingerprint density at radius 1 is 1.05 bits per heavy atom. The Labute approximate surface area is 134 Å². The van der Waals surface area contributed by atoms with E-state index >= 15 is 0 Å². The molecule has 0 amide bonds. The van der Waals surface area contributed by atoms with Crippen LogP contribution in [0.3, 0.4) is 0 Å². The first kappa shape index (κ1) is 14.5. The summed E-state index contributed by atoms with van der Waals surface area (Å²) in [6.07, 6.45) is 0. The maximum Gasteiger partial charge on any atom is 0.270 e. The SMILES string of the molecule is O=[N+]([O-])c1cccc(-c2noc(-c3ccc(Cl)c(Cl)c3)n2)c1. The van der Waals surface area contributed by atoms with E-state index in [1.807, 2.05) is 0 Å². The van der Waals surface area contributed by atoms with Gasteiger partial charge in [-0.3, -0.25) is 10.1 Å². The highest BCUT2D eigenvalue weighted by Gasteiger charge is 2.14. The van der Waals surface area contributed by atoms with Crippen LogP contribution in [-0.2, 0) is 0 Å². The lowest BCUT2D eigenvalue weighted by atomic mass is 10.2. The van der Waals surface area contributed by atoms with Crippen LogP contribution >= 0.6 is 23.2 Å². The summed E-state index contributed by atoms with van der Waals surface area (Å²) in [5.74, 6) is 0.504. The third-order valence-corrected chi connectivity index (χ3v) is 3.65. The summed E-state index contributed by atoms with van der Waals surface area (Å²) in [6, 6.07) is 10.9. The first-order chi connectivity index (χ1) is 10.5. The molecule has 0 N–H and O–H groups in total. The molecule has 110 valence electrons. The first-order valence-electron chi connectivity index (χ1n) is 6.08. The van der Waals surface area contributed by atoms with Crippen LogP contribution in [0.4, 0.5) is 5.69 Å². The first-order valence-corrected chi connectivity index (χ1v) is 6.84. The zero-order chi connectivity index (χ0) is 15.7. The van der Waals surface area contributed by atoms with Gasteiger partial charge in [0.2, 0.25) is 5.82 Å². The lowest BCUT2D eigenvalue weighted by Crippen LogP contribution is -1.88. The van der Waals surface area contributed by atoms with Crippen molar-refractivity contribution in [3.8, 4) is 22.8 Å². The number of nitro groups is 1. The van der Waals surface area contributed by atoms with Gasteiger partial charge < -0.3 is 4.52 Å². The number of aromatic nitrogens is 2. The van der Waals surface area contributed by atoms with Gasteiger partial charge in [-0.15, -0.1) is 0 Å². The number of halogens is 2. The maximum atomic E-state index is 10.8. The van der Waals surface area contributed by atoms with Gasteiger partial charge >= 0.3 is 0 Å². The molecule has 0 saturated carbocycles. The average Bonchev–Trinajstić information content (AvgIpc) is 3.00. The molecule has 6 nitrogen and oxygen atoms in total. The van der Waals surface area contributed by atoms with Gasteiger partial charge in [0.15, 0.2) is 0 Å². The smallest absolute Gasteiger partial charge is 0.270 e.